The smallest absolute Gasteiger partial charge is 0.323 e. The summed E-state index contributed by atoms with van der Waals surface area (Å²) in [5.74, 6) is -16.6. The molecule has 16 amide bonds. The van der Waals surface area contributed by atoms with Crippen LogP contribution in [0.4, 0.5) is 0 Å². The maximum Gasteiger partial charge on any atom is 0.323 e. The molecular formula is C91H133N21O20. The second-order valence-corrected chi connectivity index (χ2v) is 35.3. The lowest BCUT2D eigenvalue weighted by Crippen LogP contribution is -2.61. The summed E-state index contributed by atoms with van der Waals surface area (Å²) in [6, 6.07) is -1.61. The number of carbonyl (C=O) groups excluding carboxylic acids is 16. The molecule has 41 heteroatoms. The highest BCUT2D eigenvalue weighted by Gasteiger charge is 2.47. The average molecular weight is 1840 g/mol. The molecule has 8 rings (SSSR count). The third kappa shape index (κ3) is 28.7. The summed E-state index contributed by atoms with van der Waals surface area (Å²) in [6.45, 7) is 9.38. The van der Waals surface area contributed by atoms with Gasteiger partial charge in [0, 0.05) is 107 Å². The zero-order valence-electron chi connectivity index (χ0n) is 76.9. The Kier molecular flexibility index (Phi) is 39.3. The third-order valence-corrected chi connectivity index (χ3v) is 24.3. The number of rotatable bonds is 26. The Morgan fingerprint density at radius 3 is 1.71 bits per heavy atom. The molecule has 0 spiro atoms. The first-order valence-electron chi connectivity index (χ1n) is 45.3. The van der Waals surface area contributed by atoms with E-state index in [1.165, 1.54) is 72.9 Å². The van der Waals surface area contributed by atoms with Crippen LogP contribution in [0.3, 0.4) is 0 Å². The third-order valence-electron chi connectivity index (χ3n) is 24.3. The molecule has 3 aliphatic rings. The van der Waals surface area contributed by atoms with Crippen LogP contribution in [0.15, 0.2) is 85.2 Å². The molecule has 0 radical (unpaired) electrons. The van der Waals surface area contributed by atoms with Crippen molar-refractivity contribution in [3.63, 3.8) is 0 Å². The number of aliphatic carboxylic acids is 1. The highest BCUT2D eigenvalue weighted by Crippen LogP contribution is 2.29. The van der Waals surface area contributed by atoms with E-state index in [1.807, 2.05) is 13.8 Å². The minimum atomic E-state index is -1.75. The number of nitrogens with two attached hydrogens (primary N) is 4. The number of hydrogen-bond donors (Lipinski definition) is 18. The highest BCUT2D eigenvalue weighted by atomic mass is 16.4. The number of nitrogens with zero attached hydrogens (tertiary/aromatic N) is 6. The molecule has 3 saturated heterocycles. The van der Waals surface area contributed by atoms with E-state index < -0.39 is 230 Å². The summed E-state index contributed by atoms with van der Waals surface area (Å²) < 4.78 is 1.46. The summed E-state index contributed by atoms with van der Waals surface area (Å²) in [4.78, 5) is 257. The molecule has 0 bridgehead atoms. The number of phenols is 1. The normalized spacial score (nSPS) is 25.2. The van der Waals surface area contributed by atoms with Crippen LogP contribution in [0, 0.1) is 11.8 Å². The number of phenolic OH excluding ortho intramolecular Hbond substituents is 1. The summed E-state index contributed by atoms with van der Waals surface area (Å²) in [5.41, 5.74) is 26.3. The Labute approximate surface area is 766 Å². The van der Waals surface area contributed by atoms with Crippen LogP contribution in [-0.4, -0.2) is 301 Å². The van der Waals surface area contributed by atoms with Crippen molar-refractivity contribution in [3.8, 4) is 5.75 Å². The minimum Gasteiger partial charge on any atom is -0.508 e. The number of amides is 16. The maximum absolute atomic E-state index is 16.0. The molecule has 722 valence electrons. The fourth-order valence-corrected chi connectivity index (χ4v) is 16.9. The summed E-state index contributed by atoms with van der Waals surface area (Å²) >= 11 is 0. The molecule has 5 heterocycles. The number of nitrogens with one attached hydrogen (secondary N) is 11. The number of primary amides is 2. The summed E-state index contributed by atoms with van der Waals surface area (Å²) in [7, 11) is 3.97. The molecule has 3 aliphatic heterocycles. The minimum absolute atomic E-state index is 0.00501. The standard InChI is InChI=1S/C91H133N21O20/c1-11-13-26-71-84(125)100-62(36-50(3)4)81(122)106-69(78(95)119)45-96-46-76(116)98-65(38-53-30-32-56(113)33-31-53)87(128)107(8)52(7)79(120)102-67(42-75(94)115)89(130)111-35-21-29-72(111)85(126)105-68(43-93)83(124)103-64(37-51(5)6)90(131)112-48-57(114)41-74(112)86(127)101-63(39-54-44-97-60-24-17-15-22-58(54)60)82(123)99-61(25-19-20-34-92)80(121)104-66(88(129)109(10)73(27-14-12-2)91(132)108(71)9)40-55-47-110(49-77(117)118)70-28-18-16-23-59(55)70/h15-18,22-24,28,30-33,44,47,50-52,57,61-69,71-74,96-97,113-114H,11-14,19-21,25-27,29,34-43,45-46,48-49,92-93H2,1-10H3,(H2,94,115)(H2,95,119)(H,98,116)(H,99,123)(H,100,125)(H,101,127)(H,102,120)(H,103,124)(H,104,121)(H,105,126)(H,106,122)(H,117,118)/t52-,57+,61-,62-,63-,64-,65-,66-,67-,68-,69-,71-,72-,73-,74-/m0/s1. The lowest BCUT2D eigenvalue weighted by Gasteiger charge is -2.36. The van der Waals surface area contributed by atoms with Crippen molar-refractivity contribution < 1.29 is 96.8 Å². The SMILES string of the molecule is CCCC[C@H]1C(=O)N(C)[C@@H](CCCC)C(=O)N[C@@H](CC(C)C)C(=O)N[C@H](C(N)=O)CNCC(=O)N[C@@H](Cc2ccc(O)cc2)C(=O)N(C)[C@@H](C)C(=O)N[C@@H](CC(N)=O)C(=O)N2CCC[C@H]2C(=O)N[C@@H](CN)C(=O)N[C@@H](CC(C)C)C(=O)N2C[C@H](O)C[C@H]2C(=O)N[C@@H](Cc2c[nH]c3ccccc23)C(=O)N[C@@H](CCCCN)C(=O)N[C@@H](Cc2cn(CC(=O)O)c3ccccc23)C(=O)N1C. The molecule has 0 aliphatic carbocycles. The molecule has 3 fully saturated rings. The molecule has 3 aromatic carbocycles. The number of benzene rings is 3. The second-order valence-electron chi connectivity index (χ2n) is 35.3. The molecule has 132 heavy (non-hydrogen) atoms. The number of carboxylic acids is 1. The lowest BCUT2D eigenvalue weighted by atomic mass is 9.99. The van der Waals surface area contributed by atoms with Gasteiger partial charge in [-0.1, -0.05) is 116 Å². The quantitative estimate of drug-likeness (QED) is 0.0274. The molecule has 5 aromatic rings. The van der Waals surface area contributed by atoms with Gasteiger partial charge in [-0.25, -0.2) is 0 Å². The van der Waals surface area contributed by atoms with Gasteiger partial charge in [-0.15, -0.1) is 0 Å². The van der Waals surface area contributed by atoms with Crippen LogP contribution in [0.25, 0.3) is 21.8 Å². The van der Waals surface area contributed by atoms with Crippen LogP contribution in [0.2, 0.25) is 0 Å². The predicted octanol–water partition coefficient (Wildman–Crippen LogP) is -1.72. The average Bonchev–Trinajstić information content (AvgIpc) is 1.62. The number of carbonyl (C=O) groups is 17. The number of aliphatic hydroxyl groups is 1. The predicted molar refractivity (Wildman–Crippen MR) is 486 cm³/mol. The molecule has 41 nitrogen and oxygen atoms in total. The van der Waals surface area contributed by atoms with Gasteiger partial charge in [0.15, 0.2) is 0 Å². The molecule has 0 saturated carbocycles. The fourth-order valence-electron chi connectivity index (χ4n) is 16.9. The first kappa shape index (κ1) is 105. The number of aromatic hydroxyl groups is 1. The zero-order chi connectivity index (χ0) is 97.1. The van der Waals surface area contributed by atoms with Gasteiger partial charge < -0.3 is 125 Å². The number of aliphatic hydroxyl groups excluding tert-OH is 1. The van der Waals surface area contributed by atoms with E-state index in [0.29, 0.717) is 70.6 Å². The zero-order valence-corrected chi connectivity index (χ0v) is 76.9. The number of para-hydroxylation sites is 2. The molecular weight excluding hydrogens is 1710 g/mol. The van der Waals surface area contributed by atoms with Gasteiger partial charge in [0.05, 0.1) is 19.1 Å². The largest absolute Gasteiger partial charge is 0.508 e. The van der Waals surface area contributed by atoms with Gasteiger partial charge in [0.2, 0.25) is 94.5 Å². The van der Waals surface area contributed by atoms with E-state index in [2.05, 4.69) is 58.2 Å². The Hall–Kier alpha value is -12.6. The second kappa shape index (κ2) is 49.6. The Bertz CT molecular complexity index is 4920. The first-order valence-corrected chi connectivity index (χ1v) is 45.3. The summed E-state index contributed by atoms with van der Waals surface area (Å²) in [6.07, 6.45) is 2.04. The Morgan fingerprint density at radius 1 is 0.523 bits per heavy atom. The van der Waals surface area contributed by atoms with Gasteiger partial charge in [-0.05, 0) is 124 Å². The van der Waals surface area contributed by atoms with E-state index in [1.54, 1.807) is 82.4 Å². The molecule has 15 atom stereocenters. The van der Waals surface area contributed by atoms with Crippen LogP contribution in [0.1, 0.15) is 161 Å². The van der Waals surface area contributed by atoms with Crippen molar-refractivity contribution in [2.24, 2.45) is 34.8 Å². The molecule has 2 aromatic heterocycles. The molecule has 0 unspecified atom stereocenters. The number of unbranched alkanes of at least 4 members (excludes halogenated alkanes) is 3. The van der Waals surface area contributed by atoms with Gasteiger partial charge in [0.1, 0.15) is 96.9 Å². The number of likely N-dealkylation sites (N-methyl/N-ethyl adjacent to an activating group) is 3. The fraction of sp³-hybridized carbons (Fsp3) is 0.571. The number of fused-ring (bicyclic) bond motifs is 4. The monoisotopic (exact) mass is 1840 g/mol. The number of H-pyrrole nitrogens is 1. The van der Waals surface area contributed by atoms with E-state index in [-0.39, 0.29) is 108 Å². The number of aromatic nitrogens is 2. The van der Waals surface area contributed by atoms with Gasteiger partial charge in [0.25, 0.3) is 0 Å². The van der Waals surface area contributed by atoms with Gasteiger partial charge >= 0.3 is 5.97 Å². The van der Waals surface area contributed by atoms with E-state index in [4.69, 9.17) is 22.9 Å². The van der Waals surface area contributed by atoms with Gasteiger partial charge in [-0.3, -0.25) is 81.5 Å². The van der Waals surface area contributed by atoms with Crippen molar-refractivity contribution in [2.75, 3.05) is 60.4 Å². The topological polar surface area (TPSA) is 612 Å². The lowest BCUT2D eigenvalue weighted by molar-refractivity contribution is -0.149. The van der Waals surface area contributed by atoms with Crippen molar-refractivity contribution >= 4 is 122 Å². The van der Waals surface area contributed by atoms with Crippen molar-refractivity contribution in [2.45, 2.75) is 261 Å². The maximum atomic E-state index is 16.0. The van der Waals surface area contributed by atoms with Crippen LogP contribution < -0.4 is 76.1 Å². The van der Waals surface area contributed by atoms with E-state index in [9.17, 15) is 63.3 Å². The van der Waals surface area contributed by atoms with Crippen LogP contribution in [-0.2, 0) is 107 Å². The van der Waals surface area contributed by atoms with E-state index >= 15 is 33.6 Å². The first-order chi connectivity index (χ1) is 62.7. The van der Waals surface area contributed by atoms with Crippen molar-refractivity contribution in [1.82, 2.24) is 87.2 Å². The molecule has 22 N–H and O–H groups in total. The summed E-state index contributed by atoms with van der Waals surface area (Å²) in [5, 5.41) is 60.0. The van der Waals surface area contributed by atoms with Crippen LogP contribution >= 0.6 is 0 Å². The van der Waals surface area contributed by atoms with Gasteiger partial charge in [-0.2, -0.15) is 0 Å². The Balaban J connectivity index is 1.20. The van der Waals surface area contributed by atoms with Crippen LogP contribution in [0.5, 0.6) is 5.75 Å². The highest BCUT2D eigenvalue weighted by molar-refractivity contribution is 6.02. The van der Waals surface area contributed by atoms with Crippen molar-refractivity contribution in [3.05, 3.63) is 102 Å². The van der Waals surface area contributed by atoms with E-state index in [0.717, 1.165) is 14.7 Å². The van der Waals surface area contributed by atoms with Crippen molar-refractivity contribution in [1.29, 1.82) is 0 Å². The number of hydrogen-bond acceptors (Lipinski definition) is 22. The Morgan fingerprint density at radius 2 is 1.07 bits per heavy atom. The number of aromatic amines is 1. The number of carboxylic acid groups (broad SMARTS) is 1.